The maximum absolute atomic E-state index is 13.8. The number of carboxylic acids is 1. The number of carboxylic acid groups (broad SMARTS) is 1. The predicted octanol–water partition coefficient (Wildman–Crippen LogP) is 6.08. The van der Waals surface area contributed by atoms with Crippen LogP contribution in [0.3, 0.4) is 0 Å². The zero-order valence-electron chi connectivity index (χ0n) is 26.4. The van der Waals surface area contributed by atoms with Crippen molar-refractivity contribution >= 4 is 51.6 Å². The maximum Gasteiger partial charge on any atom is 0.330 e. The first-order valence-corrected chi connectivity index (χ1v) is 17.0. The molecule has 0 saturated heterocycles. The van der Waals surface area contributed by atoms with Crippen LogP contribution in [0.2, 0.25) is 5.02 Å². The third kappa shape index (κ3) is 6.07. The molecule has 3 aromatic rings. The quantitative estimate of drug-likeness (QED) is 0.303. The van der Waals surface area contributed by atoms with E-state index >= 15 is 0 Å². The molecule has 0 radical (unpaired) electrons. The molecular formula is C34H39ClN4O6S. The molecule has 10 nitrogen and oxygen atoms in total. The van der Waals surface area contributed by atoms with Crippen LogP contribution in [0.5, 0.6) is 11.5 Å². The zero-order chi connectivity index (χ0) is 32.7. The lowest BCUT2D eigenvalue weighted by molar-refractivity contribution is -0.145. The van der Waals surface area contributed by atoms with Gasteiger partial charge >= 0.3 is 5.97 Å². The van der Waals surface area contributed by atoms with Crippen LogP contribution in [0.1, 0.15) is 64.0 Å². The molecule has 12 heteroatoms. The highest BCUT2D eigenvalue weighted by atomic mass is 35.5. The summed E-state index contributed by atoms with van der Waals surface area (Å²) in [5.41, 5.74) is 0.705. The van der Waals surface area contributed by atoms with E-state index in [0.717, 1.165) is 30.0 Å². The monoisotopic (exact) mass is 666 g/mol. The Bertz CT molecular complexity index is 1710. The number of methoxy groups -OCH3 is 1. The van der Waals surface area contributed by atoms with Crippen LogP contribution in [-0.2, 0) is 14.4 Å². The molecular weight excluding hydrogens is 628 g/mol. The Labute approximate surface area is 277 Å². The summed E-state index contributed by atoms with van der Waals surface area (Å²) in [4.78, 5) is 51.3. The number of fused-ring (bicyclic) bond motifs is 3. The molecule has 244 valence electrons. The SMILES string of the molecule is COc1ccc2c(O[C@@H]3C[C@H]4C(=O)N[C@]5(C(=O)O)C[C@H]5/C=C\CCCCN(C)C(=O)[C@@H]4C3)cc(-c3nc(C(C)C)cs3)nc2c1Cl. The van der Waals surface area contributed by atoms with Crippen molar-refractivity contribution in [3.8, 4) is 22.2 Å². The molecule has 1 aliphatic heterocycles. The summed E-state index contributed by atoms with van der Waals surface area (Å²) >= 11 is 8.24. The number of nitrogens with zero attached hydrogens (tertiary/aromatic N) is 3. The molecule has 0 bridgehead atoms. The number of halogens is 1. The number of thiazole rings is 1. The largest absolute Gasteiger partial charge is 0.495 e. The fraction of sp³-hybridized carbons (Fsp3) is 0.500. The summed E-state index contributed by atoms with van der Waals surface area (Å²) < 4.78 is 12.1. The van der Waals surface area contributed by atoms with Gasteiger partial charge in [0.05, 0.1) is 30.2 Å². The van der Waals surface area contributed by atoms with Gasteiger partial charge in [0, 0.05) is 36.3 Å². The first kappa shape index (κ1) is 32.2. The molecule has 1 aromatic carbocycles. The highest BCUT2D eigenvalue weighted by Gasteiger charge is 2.61. The van der Waals surface area contributed by atoms with Gasteiger partial charge < -0.3 is 24.8 Å². The Morgan fingerprint density at radius 3 is 2.67 bits per heavy atom. The Balaban J connectivity index is 1.35. The average molecular weight is 667 g/mol. The Kier molecular flexibility index (Phi) is 9.00. The molecule has 2 aliphatic carbocycles. The van der Waals surface area contributed by atoms with Gasteiger partial charge in [0.15, 0.2) is 0 Å². The van der Waals surface area contributed by atoms with Gasteiger partial charge in [0.25, 0.3) is 0 Å². The van der Waals surface area contributed by atoms with Crippen LogP contribution in [-0.4, -0.2) is 70.1 Å². The molecule has 0 unspecified atom stereocenters. The van der Waals surface area contributed by atoms with E-state index in [1.54, 1.807) is 25.1 Å². The number of carbonyl (C=O) groups excluding carboxylic acids is 2. The molecule has 2 N–H and O–H groups in total. The Morgan fingerprint density at radius 2 is 1.96 bits per heavy atom. The highest BCUT2D eigenvalue weighted by Crippen LogP contribution is 2.47. The molecule has 5 atom stereocenters. The average Bonchev–Trinajstić information content (AvgIpc) is 3.33. The summed E-state index contributed by atoms with van der Waals surface area (Å²) in [5.74, 6) is -2.04. The second-order valence-electron chi connectivity index (χ2n) is 12.9. The number of hydrogen-bond donors (Lipinski definition) is 2. The normalized spacial score (nSPS) is 27.5. The van der Waals surface area contributed by atoms with E-state index in [4.69, 9.17) is 31.0 Å². The van der Waals surface area contributed by atoms with Crippen molar-refractivity contribution in [3.63, 3.8) is 0 Å². The third-order valence-corrected chi connectivity index (χ3v) is 10.7. The number of carbonyl (C=O) groups is 3. The lowest BCUT2D eigenvalue weighted by Gasteiger charge is -2.26. The van der Waals surface area contributed by atoms with Crippen molar-refractivity contribution in [1.82, 2.24) is 20.2 Å². The number of aliphatic carboxylic acids is 1. The van der Waals surface area contributed by atoms with Crippen LogP contribution in [0.25, 0.3) is 21.6 Å². The van der Waals surface area contributed by atoms with Gasteiger partial charge in [-0.25, -0.2) is 14.8 Å². The van der Waals surface area contributed by atoms with Crippen molar-refractivity contribution in [2.45, 2.75) is 69.9 Å². The van der Waals surface area contributed by atoms with E-state index in [2.05, 4.69) is 19.2 Å². The smallest absolute Gasteiger partial charge is 0.330 e. The number of nitrogens with one attached hydrogen (secondary N) is 1. The summed E-state index contributed by atoms with van der Waals surface area (Å²) in [6.45, 7) is 4.74. The number of amides is 2. The van der Waals surface area contributed by atoms with Crippen LogP contribution in [0.4, 0.5) is 0 Å². The van der Waals surface area contributed by atoms with E-state index in [-0.39, 0.29) is 24.2 Å². The van der Waals surface area contributed by atoms with E-state index in [0.29, 0.717) is 52.5 Å². The minimum absolute atomic E-state index is 0.132. The second-order valence-corrected chi connectivity index (χ2v) is 14.1. The molecule has 2 fully saturated rings. The predicted molar refractivity (Wildman–Crippen MR) is 176 cm³/mol. The molecule has 3 aliphatic rings. The molecule has 2 aromatic heterocycles. The first-order valence-electron chi connectivity index (χ1n) is 15.8. The second kappa shape index (κ2) is 12.8. The summed E-state index contributed by atoms with van der Waals surface area (Å²) in [6, 6.07) is 5.42. The highest BCUT2D eigenvalue weighted by molar-refractivity contribution is 7.13. The first-order chi connectivity index (χ1) is 22.0. The number of rotatable bonds is 6. The topological polar surface area (TPSA) is 131 Å². The number of aromatic nitrogens is 2. The van der Waals surface area contributed by atoms with Gasteiger partial charge in [-0.3, -0.25) is 9.59 Å². The van der Waals surface area contributed by atoms with Gasteiger partial charge in [0.2, 0.25) is 11.8 Å². The lowest BCUT2D eigenvalue weighted by atomic mass is 9.93. The number of pyridine rings is 1. The van der Waals surface area contributed by atoms with E-state index < -0.39 is 35.4 Å². The van der Waals surface area contributed by atoms with Gasteiger partial charge in [-0.05, 0) is 56.6 Å². The Morgan fingerprint density at radius 1 is 1.17 bits per heavy atom. The van der Waals surface area contributed by atoms with Crippen molar-refractivity contribution in [3.05, 3.63) is 46.4 Å². The van der Waals surface area contributed by atoms with Gasteiger partial charge in [-0.1, -0.05) is 37.6 Å². The van der Waals surface area contributed by atoms with Crippen LogP contribution in [0, 0.1) is 17.8 Å². The van der Waals surface area contributed by atoms with Crippen LogP contribution >= 0.6 is 22.9 Å². The van der Waals surface area contributed by atoms with E-state index in [1.807, 2.05) is 29.7 Å². The molecule has 3 heterocycles. The number of hydrogen-bond acceptors (Lipinski definition) is 8. The number of allylic oxidation sites excluding steroid dienone is 1. The number of ether oxygens (including phenoxy) is 2. The summed E-state index contributed by atoms with van der Waals surface area (Å²) in [6.07, 6.45) is 6.79. The summed E-state index contributed by atoms with van der Waals surface area (Å²) in [7, 11) is 3.31. The Hall–Kier alpha value is -3.70. The van der Waals surface area contributed by atoms with E-state index in [1.165, 1.54) is 11.3 Å². The van der Waals surface area contributed by atoms with Crippen molar-refractivity contribution in [1.29, 1.82) is 0 Å². The fourth-order valence-electron chi connectivity index (χ4n) is 6.61. The van der Waals surface area contributed by atoms with E-state index in [9.17, 15) is 19.5 Å². The van der Waals surface area contributed by atoms with Gasteiger partial charge in [-0.2, -0.15) is 0 Å². The van der Waals surface area contributed by atoms with Crippen molar-refractivity contribution in [2.24, 2.45) is 17.8 Å². The lowest BCUT2D eigenvalue weighted by Crippen LogP contribution is -2.49. The van der Waals surface area contributed by atoms with Crippen molar-refractivity contribution in [2.75, 3.05) is 20.7 Å². The van der Waals surface area contributed by atoms with Gasteiger partial charge in [0.1, 0.15) is 38.9 Å². The van der Waals surface area contributed by atoms with Crippen LogP contribution < -0.4 is 14.8 Å². The zero-order valence-corrected chi connectivity index (χ0v) is 28.0. The third-order valence-electron chi connectivity index (χ3n) is 9.47. The molecule has 46 heavy (non-hydrogen) atoms. The standard InChI is InChI=1S/C34H39ClN4O6S/c1-18(2)25-17-46-31(37-25)24-15-27(21-10-11-26(44-4)28(35)29(21)36-24)45-20-13-22-23(14-20)32(41)39(3)12-8-6-5-7-9-19-16-34(19,33(42)43)38-30(22)40/h7,9-11,15,17-20,22-23H,5-6,8,12-14,16H2,1-4H3,(H,38,40)(H,42,43)/b9-7-/t19-,20-,22-,23-,34-/m1/s1. The maximum atomic E-state index is 13.8. The minimum atomic E-state index is -1.34. The van der Waals surface area contributed by atoms with Gasteiger partial charge in [-0.15, -0.1) is 11.3 Å². The molecule has 2 saturated carbocycles. The van der Waals surface area contributed by atoms with Crippen LogP contribution in [0.15, 0.2) is 35.7 Å². The fourth-order valence-corrected chi connectivity index (χ4v) is 7.84. The molecule has 6 rings (SSSR count). The molecule has 0 spiro atoms. The minimum Gasteiger partial charge on any atom is -0.495 e. The molecule has 2 amide bonds. The van der Waals surface area contributed by atoms with Crippen molar-refractivity contribution < 1.29 is 29.0 Å². The summed E-state index contributed by atoms with van der Waals surface area (Å²) in [5, 5.41) is 16.7. The number of benzene rings is 1.